The van der Waals surface area contributed by atoms with Crippen molar-refractivity contribution in [3.05, 3.63) is 0 Å². The Hall–Kier alpha value is -1.14. The first-order valence-corrected chi connectivity index (χ1v) is 4.36. The van der Waals surface area contributed by atoms with E-state index in [4.69, 9.17) is 16.2 Å². The van der Waals surface area contributed by atoms with Crippen LogP contribution in [-0.4, -0.2) is 29.7 Å². The molecule has 1 heterocycles. The van der Waals surface area contributed by atoms with Crippen LogP contribution in [0, 0.1) is 0 Å². The zero-order chi connectivity index (χ0) is 10.9. The van der Waals surface area contributed by atoms with Crippen LogP contribution in [0.3, 0.4) is 0 Å². The minimum Gasteiger partial charge on any atom is -0.368 e. The number of carbonyl (C=O) groups is 2. The molecule has 0 aromatic rings. The quantitative estimate of drug-likeness (QED) is 0.513. The lowest BCUT2D eigenvalue weighted by molar-refractivity contribution is -0.126. The molecular weight excluding hydrogens is 186 g/mol. The summed E-state index contributed by atoms with van der Waals surface area (Å²) < 4.78 is 5.33. The fourth-order valence-corrected chi connectivity index (χ4v) is 1.32. The zero-order valence-electron chi connectivity index (χ0n) is 8.24. The van der Waals surface area contributed by atoms with Gasteiger partial charge in [-0.2, -0.15) is 0 Å². The molecule has 0 aliphatic carbocycles. The third kappa shape index (κ3) is 2.43. The van der Waals surface area contributed by atoms with Gasteiger partial charge in [0.25, 0.3) is 5.91 Å². The van der Waals surface area contributed by atoms with Crippen LogP contribution in [0.5, 0.6) is 0 Å². The van der Waals surface area contributed by atoms with Gasteiger partial charge >= 0.3 is 0 Å². The van der Waals surface area contributed by atoms with Gasteiger partial charge in [0, 0.05) is 6.42 Å². The lowest BCUT2D eigenvalue weighted by atomic mass is 10.1. The molecule has 2 atom stereocenters. The van der Waals surface area contributed by atoms with E-state index in [1.807, 2.05) is 0 Å². The molecule has 0 saturated carbocycles. The van der Waals surface area contributed by atoms with E-state index >= 15 is 0 Å². The summed E-state index contributed by atoms with van der Waals surface area (Å²) in [6.45, 7) is 3.45. The summed E-state index contributed by atoms with van der Waals surface area (Å²) >= 11 is 0. The molecule has 0 spiro atoms. The van der Waals surface area contributed by atoms with Gasteiger partial charge in [0.2, 0.25) is 5.91 Å². The van der Waals surface area contributed by atoms with Crippen LogP contribution in [0.15, 0.2) is 0 Å². The first-order valence-electron chi connectivity index (χ1n) is 4.36. The zero-order valence-corrected chi connectivity index (χ0v) is 8.24. The number of nitrogens with one attached hydrogen (secondary N) is 1. The van der Waals surface area contributed by atoms with Gasteiger partial charge in [-0.05, 0) is 13.8 Å². The maximum atomic E-state index is 11.3. The fraction of sp³-hybridized carbons (Fsp3) is 0.750. The number of nitrogens with two attached hydrogens (primary N) is 2. The van der Waals surface area contributed by atoms with Gasteiger partial charge in [-0.1, -0.05) is 0 Å². The Morgan fingerprint density at radius 2 is 2.29 bits per heavy atom. The average Bonchev–Trinajstić information content (AvgIpc) is 2.24. The highest BCUT2D eigenvalue weighted by atomic mass is 16.5. The molecule has 1 rings (SSSR count). The number of primary amides is 1. The molecule has 1 aliphatic heterocycles. The Labute approximate surface area is 82.0 Å². The Kier molecular flexibility index (Phi) is 2.77. The lowest BCUT2D eigenvalue weighted by Crippen LogP contribution is -2.41. The molecule has 0 radical (unpaired) electrons. The second kappa shape index (κ2) is 3.55. The van der Waals surface area contributed by atoms with Crippen LogP contribution in [0.4, 0.5) is 0 Å². The van der Waals surface area contributed by atoms with Gasteiger partial charge in [-0.25, -0.2) is 0 Å². The summed E-state index contributed by atoms with van der Waals surface area (Å²) in [4.78, 5) is 22.0. The molecule has 0 aromatic carbocycles. The lowest BCUT2D eigenvalue weighted by Gasteiger charge is -2.18. The number of ether oxygens (including phenoxy) is 1. The highest BCUT2D eigenvalue weighted by molar-refractivity contribution is 5.85. The Morgan fingerprint density at radius 1 is 1.71 bits per heavy atom. The van der Waals surface area contributed by atoms with Crippen molar-refractivity contribution >= 4 is 11.8 Å². The number of amides is 2. The van der Waals surface area contributed by atoms with E-state index < -0.39 is 23.8 Å². The van der Waals surface area contributed by atoms with Crippen LogP contribution in [0.2, 0.25) is 0 Å². The molecular formula is C8H15N3O3. The minimum atomic E-state index is -0.848. The highest BCUT2D eigenvalue weighted by Gasteiger charge is 2.39. The molecule has 1 aliphatic rings. The van der Waals surface area contributed by atoms with Crippen LogP contribution >= 0.6 is 0 Å². The number of carbonyl (C=O) groups excluding carboxylic acids is 2. The van der Waals surface area contributed by atoms with E-state index in [2.05, 4.69) is 5.32 Å². The van der Waals surface area contributed by atoms with Crippen LogP contribution in [-0.2, 0) is 14.3 Å². The Morgan fingerprint density at radius 3 is 2.64 bits per heavy atom. The summed E-state index contributed by atoms with van der Waals surface area (Å²) in [5.41, 5.74) is 9.69. The van der Waals surface area contributed by atoms with Crippen molar-refractivity contribution in [3.8, 4) is 0 Å². The van der Waals surface area contributed by atoms with Crippen molar-refractivity contribution in [2.24, 2.45) is 11.5 Å². The van der Waals surface area contributed by atoms with E-state index in [0.29, 0.717) is 0 Å². The predicted octanol–water partition coefficient (Wildman–Crippen LogP) is -1.56. The first-order chi connectivity index (χ1) is 6.32. The third-order valence-corrected chi connectivity index (χ3v) is 1.99. The van der Waals surface area contributed by atoms with Crippen molar-refractivity contribution in [2.45, 2.75) is 38.1 Å². The first kappa shape index (κ1) is 10.9. The van der Waals surface area contributed by atoms with Crippen LogP contribution in [0.1, 0.15) is 20.3 Å². The van der Waals surface area contributed by atoms with Crippen molar-refractivity contribution in [1.29, 1.82) is 0 Å². The third-order valence-electron chi connectivity index (χ3n) is 1.99. The molecule has 2 amide bonds. The topological polar surface area (TPSA) is 107 Å². The van der Waals surface area contributed by atoms with Gasteiger partial charge in [-0.3, -0.25) is 9.59 Å². The van der Waals surface area contributed by atoms with Gasteiger partial charge in [0.15, 0.2) is 0 Å². The fourth-order valence-electron chi connectivity index (χ4n) is 1.32. The summed E-state index contributed by atoms with van der Waals surface area (Å²) in [5.74, 6) is -0.891. The van der Waals surface area contributed by atoms with Crippen LogP contribution < -0.4 is 16.8 Å². The Balaban J connectivity index is 2.55. The molecule has 0 aromatic heterocycles. The molecule has 6 nitrogen and oxygen atoms in total. The molecule has 1 fully saturated rings. The van der Waals surface area contributed by atoms with E-state index in [1.54, 1.807) is 13.8 Å². The van der Waals surface area contributed by atoms with Gasteiger partial charge < -0.3 is 21.5 Å². The van der Waals surface area contributed by atoms with Gasteiger partial charge in [0.05, 0.1) is 6.04 Å². The number of hydrogen-bond donors (Lipinski definition) is 3. The maximum Gasteiger partial charge on any atom is 0.251 e. The second-order valence-corrected chi connectivity index (χ2v) is 3.85. The van der Waals surface area contributed by atoms with Crippen molar-refractivity contribution < 1.29 is 14.3 Å². The number of rotatable bonds is 3. The smallest absolute Gasteiger partial charge is 0.251 e. The normalized spacial score (nSPS) is 27.1. The monoisotopic (exact) mass is 201 g/mol. The Bertz CT molecular complexity index is 265. The molecule has 0 unspecified atom stereocenters. The van der Waals surface area contributed by atoms with Crippen molar-refractivity contribution in [2.75, 3.05) is 0 Å². The molecule has 1 saturated heterocycles. The SMILES string of the molecule is CC1(C)NC(=O)[C@H](C[C@H](N)C(N)=O)O1. The molecule has 5 N–H and O–H groups in total. The molecule has 6 heteroatoms. The standard InChI is InChI=1S/C8H15N3O3/c1-8(2)11-7(13)5(14-8)3-4(9)6(10)12/h4-5H,3,9H2,1-2H3,(H2,10,12)(H,11,13)/t4-,5-/m0/s1. The minimum absolute atomic E-state index is 0.116. The summed E-state index contributed by atoms with van der Waals surface area (Å²) in [6, 6.07) is -0.848. The summed E-state index contributed by atoms with van der Waals surface area (Å²) in [6.07, 6.45) is -0.572. The van der Waals surface area contributed by atoms with E-state index in [0.717, 1.165) is 0 Å². The maximum absolute atomic E-state index is 11.3. The largest absolute Gasteiger partial charge is 0.368 e. The van der Waals surface area contributed by atoms with E-state index in [1.165, 1.54) is 0 Å². The van der Waals surface area contributed by atoms with Crippen LogP contribution in [0.25, 0.3) is 0 Å². The second-order valence-electron chi connectivity index (χ2n) is 3.85. The average molecular weight is 201 g/mol. The summed E-state index contributed by atoms with van der Waals surface area (Å²) in [5, 5.41) is 2.62. The predicted molar refractivity (Wildman–Crippen MR) is 48.9 cm³/mol. The molecule has 14 heavy (non-hydrogen) atoms. The molecule has 80 valence electrons. The number of hydrogen-bond acceptors (Lipinski definition) is 4. The van der Waals surface area contributed by atoms with E-state index in [-0.39, 0.29) is 12.3 Å². The van der Waals surface area contributed by atoms with Crippen molar-refractivity contribution in [1.82, 2.24) is 5.32 Å². The van der Waals surface area contributed by atoms with Gasteiger partial charge in [-0.15, -0.1) is 0 Å². The summed E-state index contributed by atoms with van der Waals surface area (Å²) in [7, 11) is 0. The van der Waals surface area contributed by atoms with Crippen molar-refractivity contribution in [3.63, 3.8) is 0 Å². The molecule has 0 bridgehead atoms. The highest BCUT2D eigenvalue weighted by Crippen LogP contribution is 2.19. The van der Waals surface area contributed by atoms with Gasteiger partial charge in [0.1, 0.15) is 11.8 Å². The van der Waals surface area contributed by atoms with E-state index in [9.17, 15) is 9.59 Å².